The van der Waals surface area contributed by atoms with E-state index in [4.69, 9.17) is 10.5 Å². The van der Waals surface area contributed by atoms with Gasteiger partial charge in [0, 0.05) is 31.3 Å². The highest BCUT2D eigenvalue weighted by Gasteiger charge is 2.54. The number of amides is 1. The molecule has 1 aromatic heterocycles. The molecule has 4 bridgehead atoms. The number of methoxy groups -OCH3 is 1. The lowest BCUT2D eigenvalue weighted by Gasteiger charge is -2.55. The van der Waals surface area contributed by atoms with Gasteiger partial charge in [0.15, 0.2) is 4.80 Å². The van der Waals surface area contributed by atoms with E-state index < -0.39 is 0 Å². The summed E-state index contributed by atoms with van der Waals surface area (Å²) in [5.74, 6) is 2.41. The number of hydrogen-bond donors (Lipinski definition) is 1. The minimum Gasteiger partial charge on any atom is -0.383 e. The number of hydrogen-bond acceptors (Lipinski definition) is 4. The molecule has 0 aromatic carbocycles. The van der Waals surface area contributed by atoms with Crippen molar-refractivity contribution in [2.45, 2.75) is 51.6 Å². The third kappa shape index (κ3) is 2.78. The van der Waals surface area contributed by atoms with Crippen LogP contribution in [-0.4, -0.2) is 24.2 Å². The monoisotopic (exact) mass is 349 g/mol. The van der Waals surface area contributed by atoms with Crippen LogP contribution in [0.25, 0.3) is 0 Å². The number of nitrogens with two attached hydrogens (primary N) is 1. The van der Waals surface area contributed by atoms with Gasteiger partial charge in [-0.3, -0.25) is 4.79 Å². The van der Waals surface area contributed by atoms with Crippen LogP contribution in [0.4, 0.5) is 0 Å². The van der Waals surface area contributed by atoms with E-state index in [1.807, 2.05) is 9.95 Å². The SMILES string of the molecule is COCCn1c(CN)cs/c1=N\C(=O)C12CC3CC(CC(C3)C1)C2. The molecule has 4 saturated carbocycles. The van der Waals surface area contributed by atoms with Gasteiger partial charge in [0.05, 0.1) is 12.0 Å². The fourth-order valence-corrected chi connectivity index (χ4v) is 6.55. The van der Waals surface area contributed by atoms with Crippen molar-refractivity contribution in [2.24, 2.45) is 33.9 Å². The maximum absolute atomic E-state index is 13.2. The summed E-state index contributed by atoms with van der Waals surface area (Å²) in [6.07, 6.45) is 7.22. The lowest BCUT2D eigenvalue weighted by molar-refractivity contribution is -0.142. The molecule has 132 valence electrons. The third-order valence-corrected chi connectivity index (χ3v) is 7.21. The molecule has 0 atom stereocenters. The molecule has 4 fully saturated rings. The molecule has 4 aliphatic carbocycles. The Morgan fingerprint density at radius 3 is 2.50 bits per heavy atom. The quantitative estimate of drug-likeness (QED) is 0.887. The maximum Gasteiger partial charge on any atom is 0.254 e. The Kier molecular flexibility index (Phi) is 4.39. The standard InChI is InChI=1S/C18H27N3O2S/c1-23-3-2-21-15(10-19)11-24-17(21)20-16(22)18-7-12-4-13(8-18)6-14(5-12)9-18/h11-14H,2-10,19H2,1H3/b20-17-. The first-order valence-electron chi connectivity index (χ1n) is 9.09. The van der Waals surface area contributed by atoms with Gasteiger partial charge >= 0.3 is 0 Å². The van der Waals surface area contributed by atoms with E-state index in [2.05, 4.69) is 4.99 Å². The molecular weight excluding hydrogens is 322 g/mol. The van der Waals surface area contributed by atoms with Crippen LogP contribution in [0.15, 0.2) is 10.4 Å². The number of aromatic nitrogens is 1. The van der Waals surface area contributed by atoms with Crippen molar-refractivity contribution in [3.05, 3.63) is 15.9 Å². The topological polar surface area (TPSA) is 69.6 Å². The van der Waals surface area contributed by atoms with E-state index >= 15 is 0 Å². The highest BCUT2D eigenvalue weighted by Crippen LogP contribution is 2.60. The highest BCUT2D eigenvalue weighted by molar-refractivity contribution is 7.07. The van der Waals surface area contributed by atoms with Crippen LogP contribution in [-0.2, 0) is 22.6 Å². The molecular formula is C18H27N3O2S. The van der Waals surface area contributed by atoms with Crippen molar-refractivity contribution < 1.29 is 9.53 Å². The lowest BCUT2D eigenvalue weighted by atomic mass is 9.49. The van der Waals surface area contributed by atoms with Crippen LogP contribution < -0.4 is 10.5 Å². The maximum atomic E-state index is 13.2. The zero-order chi connectivity index (χ0) is 16.7. The highest BCUT2D eigenvalue weighted by atomic mass is 32.1. The molecule has 0 aliphatic heterocycles. The van der Waals surface area contributed by atoms with Crippen molar-refractivity contribution in [3.8, 4) is 0 Å². The minimum atomic E-state index is -0.166. The molecule has 1 amide bonds. The van der Waals surface area contributed by atoms with E-state index in [0.29, 0.717) is 19.7 Å². The van der Waals surface area contributed by atoms with E-state index in [-0.39, 0.29) is 11.3 Å². The normalized spacial score (nSPS) is 34.9. The second kappa shape index (κ2) is 6.39. The van der Waals surface area contributed by atoms with E-state index in [9.17, 15) is 4.79 Å². The van der Waals surface area contributed by atoms with Gasteiger partial charge < -0.3 is 15.0 Å². The second-order valence-electron chi connectivity index (χ2n) is 7.97. The van der Waals surface area contributed by atoms with Gasteiger partial charge in [-0.1, -0.05) is 0 Å². The number of rotatable bonds is 5. The predicted molar refractivity (Wildman–Crippen MR) is 93.3 cm³/mol. The Morgan fingerprint density at radius 1 is 1.33 bits per heavy atom. The largest absolute Gasteiger partial charge is 0.383 e. The number of carbonyl (C=O) groups is 1. The van der Waals surface area contributed by atoms with Gasteiger partial charge in [-0.05, 0) is 56.3 Å². The fourth-order valence-electron chi connectivity index (χ4n) is 5.62. The van der Waals surface area contributed by atoms with Crippen molar-refractivity contribution in [2.75, 3.05) is 13.7 Å². The number of thiazole rings is 1. The van der Waals surface area contributed by atoms with Gasteiger partial charge in [-0.25, -0.2) is 0 Å². The molecule has 1 heterocycles. The first-order valence-corrected chi connectivity index (χ1v) is 9.97. The molecule has 6 heteroatoms. The Bertz CT molecular complexity index is 655. The summed E-state index contributed by atoms with van der Waals surface area (Å²) in [7, 11) is 1.69. The van der Waals surface area contributed by atoms with Gasteiger partial charge in [0.1, 0.15) is 0 Å². The Labute approximate surface area is 146 Å². The molecule has 2 N–H and O–H groups in total. The first-order chi connectivity index (χ1) is 11.6. The summed E-state index contributed by atoms with van der Waals surface area (Å²) in [6, 6.07) is 0. The van der Waals surface area contributed by atoms with Crippen LogP contribution in [0.3, 0.4) is 0 Å². The van der Waals surface area contributed by atoms with Crippen LogP contribution in [0.5, 0.6) is 0 Å². The molecule has 4 aliphatic rings. The van der Waals surface area contributed by atoms with Crippen molar-refractivity contribution in [3.63, 3.8) is 0 Å². The fraction of sp³-hybridized carbons (Fsp3) is 0.778. The summed E-state index contributed by atoms with van der Waals surface area (Å²) in [6.45, 7) is 1.75. The van der Waals surface area contributed by atoms with Gasteiger partial charge in [0.25, 0.3) is 5.91 Å². The molecule has 0 spiro atoms. The first kappa shape index (κ1) is 16.5. The number of nitrogens with zero attached hydrogens (tertiary/aromatic N) is 2. The molecule has 0 saturated heterocycles. The van der Waals surface area contributed by atoms with Crippen LogP contribution in [0, 0.1) is 23.2 Å². The van der Waals surface area contributed by atoms with Gasteiger partial charge in [-0.15, -0.1) is 11.3 Å². The second-order valence-corrected chi connectivity index (χ2v) is 8.81. The van der Waals surface area contributed by atoms with Gasteiger partial charge in [0.2, 0.25) is 0 Å². The zero-order valence-electron chi connectivity index (χ0n) is 14.4. The summed E-state index contributed by atoms with van der Waals surface area (Å²) in [5.41, 5.74) is 6.69. The molecule has 24 heavy (non-hydrogen) atoms. The lowest BCUT2D eigenvalue weighted by Crippen LogP contribution is -2.50. The van der Waals surface area contributed by atoms with Crippen molar-refractivity contribution in [1.82, 2.24) is 4.57 Å². The summed E-state index contributed by atoms with van der Waals surface area (Å²) >= 11 is 1.52. The van der Waals surface area contributed by atoms with Crippen molar-refractivity contribution in [1.29, 1.82) is 0 Å². The molecule has 0 radical (unpaired) electrons. The summed E-state index contributed by atoms with van der Waals surface area (Å²) < 4.78 is 7.24. The number of ether oxygens (including phenoxy) is 1. The molecule has 0 unspecified atom stereocenters. The molecule has 1 aromatic rings. The Morgan fingerprint density at radius 2 is 1.96 bits per heavy atom. The zero-order valence-corrected chi connectivity index (χ0v) is 15.2. The summed E-state index contributed by atoms with van der Waals surface area (Å²) in [5, 5.41) is 2.02. The van der Waals surface area contributed by atoms with Crippen LogP contribution >= 0.6 is 11.3 Å². The van der Waals surface area contributed by atoms with Gasteiger partial charge in [-0.2, -0.15) is 4.99 Å². The average Bonchev–Trinajstić information content (AvgIpc) is 2.93. The van der Waals surface area contributed by atoms with E-state index in [1.54, 1.807) is 7.11 Å². The van der Waals surface area contributed by atoms with Crippen LogP contribution in [0.2, 0.25) is 0 Å². The van der Waals surface area contributed by atoms with Crippen molar-refractivity contribution >= 4 is 17.2 Å². The van der Waals surface area contributed by atoms with Crippen LogP contribution in [0.1, 0.15) is 44.2 Å². The van der Waals surface area contributed by atoms with E-state index in [1.165, 1.54) is 30.6 Å². The Balaban J connectivity index is 1.64. The number of carbonyl (C=O) groups excluding carboxylic acids is 1. The smallest absolute Gasteiger partial charge is 0.254 e. The third-order valence-electron chi connectivity index (χ3n) is 6.30. The molecule has 5 nitrogen and oxygen atoms in total. The molecule has 5 rings (SSSR count). The predicted octanol–water partition coefficient (Wildman–Crippen LogP) is 2.30. The minimum absolute atomic E-state index is 0.123. The summed E-state index contributed by atoms with van der Waals surface area (Å²) in [4.78, 5) is 18.5. The average molecular weight is 350 g/mol. The Hall–Kier alpha value is -0.980. The van der Waals surface area contributed by atoms with E-state index in [0.717, 1.165) is 47.5 Å².